The van der Waals surface area contributed by atoms with Gasteiger partial charge in [0.15, 0.2) is 8.32 Å². The third-order valence-electron chi connectivity index (χ3n) is 8.69. The number of hydrogen-bond donors (Lipinski definition) is 1. The number of amides is 1. The Morgan fingerprint density at radius 2 is 1.44 bits per heavy atom. The van der Waals surface area contributed by atoms with Gasteiger partial charge in [0.25, 0.3) is 0 Å². The van der Waals surface area contributed by atoms with Gasteiger partial charge >= 0.3 is 12.1 Å². The maximum atomic E-state index is 13.2. The Kier molecular flexibility index (Phi) is 14.6. The third kappa shape index (κ3) is 12.0. The number of ether oxygens (including phenoxy) is 3. The molecule has 3 atom stereocenters. The Morgan fingerprint density at radius 3 is 2.00 bits per heavy atom. The summed E-state index contributed by atoms with van der Waals surface area (Å²) in [5, 5.41) is 0.0610. The van der Waals surface area contributed by atoms with Crippen molar-refractivity contribution in [2.45, 2.75) is 92.0 Å². The van der Waals surface area contributed by atoms with Crippen molar-refractivity contribution in [3.8, 4) is 0 Å². The van der Waals surface area contributed by atoms with E-state index in [1.165, 1.54) is 0 Å². The molecule has 3 rings (SSSR count). The molecular formula is C39H53NO7Si. The van der Waals surface area contributed by atoms with Gasteiger partial charge in [0.1, 0.15) is 12.2 Å². The molecule has 0 aliphatic carbocycles. The summed E-state index contributed by atoms with van der Waals surface area (Å²) in [4.78, 5) is 31.4. The second-order valence-corrected chi connectivity index (χ2v) is 18.7. The molecule has 3 aromatic rings. The molecule has 0 saturated carbocycles. The van der Waals surface area contributed by atoms with Gasteiger partial charge in [-0.15, -0.1) is 5.48 Å². The van der Waals surface area contributed by atoms with Crippen LogP contribution in [0.2, 0.25) is 18.1 Å². The Balaban J connectivity index is 1.81. The van der Waals surface area contributed by atoms with E-state index >= 15 is 0 Å². The molecule has 0 spiro atoms. The van der Waals surface area contributed by atoms with E-state index in [0.717, 1.165) is 27.8 Å². The molecule has 0 aliphatic heterocycles. The fourth-order valence-corrected chi connectivity index (χ4v) is 5.96. The van der Waals surface area contributed by atoms with Crippen LogP contribution in [0.5, 0.6) is 0 Å². The first-order valence-corrected chi connectivity index (χ1v) is 19.4. The maximum Gasteiger partial charge on any atom is 0.441 e. The molecule has 0 saturated heterocycles. The first-order chi connectivity index (χ1) is 22.7. The molecular weight excluding hydrogens is 623 g/mol. The van der Waals surface area contributed by atoms with Crippen LogP contribution < -0.4 is 5.48 Å². The molecule has 0 unspecified atom stereocenters. The predicted octanol–water partition coefficient (Wildman–Crippen LogP) is 8.79. The highest BCUT2D eigenvalue weighted by molar-refractivity contribution is 6.74. The van der Waals surface area contributed by atoms with E-state index in [2.05, 4.69) is 39.3 Å². The van der Waals surface area contributed by atoms with Gasteiger partial charge in [-0.05, 0) is 61.2 Å². The van der Waals surface area contributed by atoms with E-state index in [1.807, 2.05) is 113 Å². The second kappa shape index (κ2) is 18.1. The van der Waals surface area contributed by atoms with E-state index < -0.39 is 32.6 Å². The molecule has 0 radical (unpaired) electrons. The Hall–Kier alpha value is -3.76. The number of rotatable bonds is 15. The number of carbonyl (C=O) groups excluding carboxylic acids is 2. The third-order valence-corrected chi connectivity index (χ3v) is 13.2. The standard InChI is InChI=1S/C39H53NO7Si/c1-28-23-29(2)35(30(3)24-28)37(41)47-40-38(42)46-36(31(4)25-43-26-32-17-12-10-13-18-32)34(44-27-33-19-14-11-15-20-33)21-16-22-45-48(8,9)39(5,6)7/h10-21,23-24,31,34,36H,22,25-27H2,1-9H3,(H,40,42)/b21-16+/t31-,34-,36-/m0/s1. The fourth-order valence-electron chi connectivity index (χ4n) is 5.02. The minimum atomic E-state index is -1.99. The van der Waals surface area contributed by atoms with Gasteiger partial charge in [0.05, 0.1) is 32.0 Å². The smallest absolute Gasteiger partial charge is 0.441 e. The van der Waals surface area contributed by atoms with Crippen LogP contribution >= 0.6 is 0 Å². The molecule has 0 aliphatic rings. The number of hydrogen-bond acceptors (Lipinski definition) is 7. The molecule has 0 bridgehead atoms. The average molecular weight is 676 g/mol. The van der Waals surface area contributed by atoms with Crippen LogP contribution in [0.25, 0.3) is 0 Å². The van der Waals surface area contributed by atoms with Crippen LogP contribution in [0.1, 0.15) is 65.9 Å². The largest absolute Gasteiger partial charge is 0.441 e. The topological polar surface area (TPSA) is 92.3 Å². The summed E-state index contributed by atoms with van der Waals surface area (Å²) in [6.07, 6.45) is 1.43. The summed E-state index contributed by atoms with van der Waals surface area (Å²) >= 11 is 0. The first-order valence-electron chi connectivity index (χ1n) is 16.5. The molecule has 48 heavy (non-hydrogen) atoms. The van der Waals surface area contributed by atoms with E-state index in [1.54, 1.807) is 0 Å². The van der Waals surface area contributed by atoms with Crippen molar-refractivity contribution in [1.29, 1.82) is 0 Å². The van der Waals surface area contributed by atoms with Crippen molar-refractivity contribution in [3.05, 3.63) is 118 Å². The molecule has 3 aromatic carbocycles. The molecule has 9 heteroatoms. The van der Waals surface area contributed by atoms with Gasteiger partial charge in [0, 0.05) is 5.92 Å². The highest BCUT2D eigenvalue weighted by Gasteiger charge is 2.37. The lowest BCUT2D eigenvalue weighted by molar-refractivity contribution is -0.0736. The van der Waals surface area contributed by atoms with Crippen LogP contribution in [0.15, 0.2) is 84.9 Å². The van der Waals surface area contributed by atoms with Gasteiger partial charge < -0.3 is 23.5 Å². The average Bonchev–Trinajstić information content (AvgIpc) is 3.02. The van der Waals surface area contributed by atoms with Gasteiger partial charge in [-0.3, -0.25) is 0 Å². The zero-order valence-corrected chi connectivity index (χ0v) is 31.0. The molecule has 1 amide bonds. The monoisotopic (exact) mass is 675 g/mol. The first kappa shape index (κ1) is 38.7. The number of benzene rings is 3. The van der Waals surface area contributed by atoms with Crippen LogP contribution in [0.3, 0.4) is 0 Å². The number of carbonyl (C=O) groups is 2. The van der Waals surface area contributed by atoms with E-state index in [4.69, 9.17) is 23.5 Å². The van der Waals surface area contributed by atoms with Crippen LogP contribution in [-0.2, 0) is 36.7 Å². The normalized spacial score (nSPS) is 13.9. The highest BCUT2D eigenvalue weighted by Crippen LogP contribution is 2.36. The quantitative estimate of drug-likeness (QED) is 0.0978. The molecule has 0 fully saturated rings. The molecule has 0 aromatic heterocycles. The van der Waals surface area contributed by atoms with Crippen LogP contribution in [0, 0.1) is 26.7 Å². The fraction of sp³-hybridized carbons (Fsp3) is 0.436. The van der Waals surface area contributed by atoms with Crippen molar-refractivity contribution < 1.29 is 33.1 Å². The summed E-state index contributed by atoms with van der Waals surface area (Å²) in [5.74, 6) is -0.972. The van der Waals surface area contributed by atoms with E-state index in [9.17, 15) is 9.59 Å². The summed E-state index contributed by atoms with van der Waals surface area (Å²) < 4.78 is 24.8. The lowest BCUT2D eigenvalue weighted by Crippen LogP contribution is -2.42. The zero-order chi connectivity index (χ0) is 35.3. The molecule has 1 N–H and O–H groups in total. The van der Waals surface area contributed by atoms with Crippen LogP contribution in [0.4, 0.5) is 4.79 Å². The SMILES string of the molecule is Cc1cc(C)c(C(=O)ONC(=O)O[C@H]([C@H](/C=C/CO[Si](C)(C)C(C)(C)C)OCc2ccccc2)[C@@H](C)COCc2ccccc2)c(C)c1. The number of hydroxylamine groups is 1. The zero-order valence-electron chi connectivity index (χ0n) is 30.0. The summed E-state index contributed by atoms with van der Waals surface area (Å²) in [6, 6.07) is 23.5. The summed E-state index contributed by atoms with van der Waals surface area (Å²) in [6.45, 7) is 19.9. The summed E-state index contributed by atoms with van der Waals surface area (Å²) in [7, 11) is -1.99. The van der Waals surface area contributed by atoms with Crippen LogP contribution in [-0.4, -0.2) is 45.8 Å². The highest BCUT2D eigenvalue weighted by atomic mass is 28.4. The minimum absolute atomic E-state index is 0.0610. The van der Waals surface area contributed by atoms with E-state index in [-0.39, 0.29) is 17.6 Å². The Bertz CT molecular complexity index is 1460. The van der Waals surface area contributed by atoms with Gasteiger partial charge in [-0.25, -0.2) is 9.59 Å². The van der Waals surface area contributed by atoms with Crippen molar-refractivity contribution in [2.75, 3.05) is 13.2 Å². The lowest BCUT2D eigenvalue weighted by Gasteiger charge is -2.35. The minimum Gasteiger partial charge on any atom is -0.441 e. The molecule has 8 nitrogen and oxygen atoms in total. The number of nitrogens with one attached hydrogen (secondary N) is 1. The van der Waals surface area contributed by atoms with Gasteiger partial charge in [0.2, 0.25) is 0 Å². The molecule has 0 heterocycles. The molecule has 260 valence electrons. The van der Waals surface area contributed by atoms with Gasteiger partial charge in [-0.1, -0.05) is 118 Å². The van der Waals surface area contributed by atoms with Crippen molar-refractivity contribution >= 4 is 20.4 Å². The summed E-state index contributed by atoms with van der Waals surface area (Å²) in [5.41, 5.74) is 7.16. The van der Waals surface area contributed by atoms with Crippen molar-refractivity contribution in [1.82, 2.24) is 5.48 Å². The van der Waals surface area contributed by atoms with Gasteiger partial charge in [-0.2, -0.15) is 0 Å². The lowest BCUT2D eigenvalue weighted by atomic mass is 9.99. The maximum absolute atomic E-state index is 13.2. The Morgan fingerprint density at radius 1 is 0.875 bits per heavy atom. The van der Waals surface area contributed by atoms with E-state index in [0.29, 0.717) is 25.4 Å². The predicted molar refractivity (Wildman–Crippen MR) is 192 cm³/mol. The van der Waals surface area contributed by atoms with Crippen molar-refractivity contribution in [2.24, 2.45) is 5.92 Å². The Labute approximate surface area is 287 Å². The van der Waals surface area contributed by atoms with Crippen molar-refractivity contribution in [3.63, 3.8) is 0 Å². The number of aryl methyl sites for hydroxylation is 3. The second-order valence-electron chi connectivity index (χ2n) is 13.9.